The van der Waals surface area contributed by atoms with Crippen molar-refractivity contribution in [2.75, 3.05) is 27.2 Å². The molecule has 2 unspecified atom stereocenters. The van der Waals surface area contributed by atoms with Crippen LogP contribution in [0.25, 0.3) is 5.76 Å². The zero-order valence-electron chi connectivity index (χ0n) is 22.5. The Bertz CT molecular complexity index is 1310. The van der Waals surface area contributed by atoms with Crippen molar-refractivity contribution >= 4 is 23.2 Å². The summed E-state index contributed by atoms with van der Waals surface area (Å²) in [6, 6.07) is 2.77. The van der Waals surface area contributed by atoms with Gasteiger partial charge in [-0.25, -0.2) is 0 Å². The van der Waals surface area contributed by atoms with Gasteiger partial charge in [-0.3, -0.25) is 24.2 Å². The number of amides is 1. The first-order valence-electron chi connectivity index (χ1n) is 14.0. The molecule has 39 heavy (non-hydrogen) atoms. The number of ketones is 2. The van der Waals surface area contributed by atoms with Crippen molar-refractivity contribution in [2.24, 2.45) is 35.3 Å². The maximum atomic E-state index is 13.9. The molecule has 4 atom stereocenters. The van der Waals surface area contributed by atoms with E-state index in [1.54, 1.807) is 25.1 Å². The normalized spacial score (nSPS) is 28.6. The lowest BCUT2D eigenvalue weighted by Crippen LogP contribution is -2.55. The van der Waals surface area contributed by atoms with E-state index in [9.17, 15) is 29.7 Å². The van der Waals surface area contributed by atoms with Gasteiger partial charge in [0.15, 0.2) is 11.6 Å². The molecular weight excluding hydrogens is 498 g/mol. The molecule has 0 aliphatic heterocycles. The molecule has 0 saturated heterocycles. The van der Waals surface area contributed by atoms with Crippen LogP contribution >= 0.6 is 0 Å². The number of allylic oxidation sites excluding steroid dienone is 1. The van der Waals surface area contributed by atoms with Gasteiger partial charge in [-0.1, -0.05) is 6.07 Å². The van der Waals surface area contributed by atoms with Gasteiger partial charge >= 0.3 is 0 Å². The number of nitrogens with two attached hydrogens (primary N) is 1. The number of nitrogens with zero attached hydrogens (tertiary/aromatic N) is 2. The Kier molecular flexibility index (Phi) is 6.34. The van der Waals surface area contributed by atoms with Crippen LogP contribution in [0.2, 0.25) is 0 Å². The highest BCUT2D eigenvalue weighted by Crippen LogP contribution is 2.51. The van der Waals surface area contributed by atoms with E-state index in [-0.39, 0.29) is 28.6 Å². The Labute approximate surface area is 228 Å². The van der Waals surface area contributed by atoms with E-state index >= 15 is 0 Å². The van der Waals surface area contributed by atoms with Crippen LogP contribution in [-0.4, -0.2) is 75.8 Å². The summed E-state index contributed by atoms with van der Waals surface area (Å²) in [7, 11) is 3.45. The van der Waals surface area contributed by atoms with Gasteiger partial charge < -0.3 is 21.1 Å². The molecule has 5 aliphatic rings. The summed E-state index contributed by atoms with van der Waals surface area (Å²) in [6.45, 7) is 2.81. The number of likely N-dealkylation sites (N-methyl/N-ethyl adjacent to an activating group) is 1. The van der Waals surface area contributed by atoms with Crippen molar-refractivity contribution in [3.05, 3.63) is 45.7 Å². The lowest BCUT2D eigenvalue weighted by Gasteiger charge is -2.46. The summed E-state index contributed by atoms with van der Waals surface area (Å²) in [4.78, 5) is 43.5. The number of benzene rings is 1. The van der Waals surface area contributed by atoms with Gasteiger partial charge in [0.25, 0.3) is 5.91 Å². The molecule has 3 fully saturated rings. The first kappa shape index (κ1) is 26.1. The highest BCUT2D eigenvalue weighted by atomic mass is 16.3. The third-order valence-corrected chi connectivity index (χ3v) is 9.37. The standard InChI is InChI=1S/C30H37N3O6/c1-32(2)25-19-10-17-9-18-16(13-33(11-14-3-4-14)12-15-5-6-15)7-8-20(34)22(18)26(35)21(17)27(36)23(19)28(37)24(29(25)38)30(31)39/h7-8,14-15,17,19,23,25,34-35,38H,3-6,9-13H2,1-2H3,(H2,31,39)/t17-,19+,23?,25?/m0/s1. The summed E-state index contributed by atoms with van der Waals surface area (Å²) in [5.74, 6) is -3.93. The predicted octanol–water partition coefficient (Wildman–Crippen LogP) is 2.47. The molecule has 9 heteroatoms. The second-order valence-corrected chi connectivity index (χ2v) is 12.5. The van der Waals surface area contributed by atoms with Crippen LogP contribution in [0.15, 0.2) is 29.0 Å². The van der Waals surface area contributed by atoms with Gasteiger partial charge in [-0.15, -0.1) is 0 Å². The topological polar surface area (TPSA) is 144 Å². The summed E-state index contributed by atoms with van der Waals surface area (Å²) in [6.07, 6.45) is 5.86. The molecule has 3 saturated carbocycles. The lowest BCUT2D eigenvalue weighted by molar-refractivity contribution is -0.136. The molecule has 9 nitrogen and oxygen atoms in total. The number of aliphatic hydroxyl groups excluding tert-OH is 2. The Morgan fingerprint density at radius 1 is 1.00 bits per heavy atom. The van der Waals surface area contributed by atoms with Crippen molar-refractivity contribution in [3.8, 4) is 5.75 Å². The van der Waals surface area contributed by atoms with Crippen LogP contribution < -0.4 is 5.73 Å². The van der Waals surface area contributed by atoms with Crippen LogP contribution in [0.1, 0.15) is 48.8 Å². The molecule has 208 valence electrons. The quantitative estimate of drug-likeness (QED) is 0.294. The number of aliphatic hydroxyl groups is 2. The molecule has 5 aliphatic carbocycles. The van der Waals surface area contributed by atoms with E-state index in [0.29, 0.717) is 12.8 Å². The zero-order valence-corrected chi connectivity index (χ0v) is 22.5. The third-order valence-electron chi connectivity index (χ3n) is 9.37. The van der Waals surface area contributed by atoms with Gasteiger partial charge in [0, 0.05) is 25.2 Å². The van der Waals surface area contributed by atoms with E-state index in [1.165, 1.54) is 25.7 Å². The van der Waals surface area contributed by atoms with E-state index in [4.69, 9.17) is 5.73 Å². The number of phenolic OH excluding ortho intramolecular Hbond substituents is 1. The average Bonchev–Trinajstić information content (AvgIpc) is 3.77. The summed E-state index contributed by atoms with van der Waals surface area (Å²) >= 11 is 0. The number of primary amides is 1. The van der Waals surface area contributed by atoms with E-state index < -0.39 is 46.7 Å². The van der Waals surface area contributed by atoms with Gasteiger partial charge in [0.05, 0.1) is 17.5 Å². The van der Waals surface area contributed by atoms with Gasteiger partial charge in [-0.05, 0) is 93.5 Å². The molecule has 0 spiro atoms. The molecule has 1 amide bonds. The number of carbonyl (C=O) groups is 3. The van der Waals surface area contributed by atoms with Crippen LogP contribution in [-0.2, 0) is 27.3 Å². The van der Waals surface area contributed by atoms with Crippen LogP contribution in [0.3, 0.4) is 0 Å². The fraction of sp³-hybridized carbons (Fsp3) is 0.567. The molecular formula is C30H37N3O6. The molecule has 0 aromatic heterocycles. The average molecular weight is 536 g/mol. The monoisotopic (exact) mass is 535 g/mol. The Morgan fingerprint density at radius 3 is 2.21 bits per heavy atom. The lowest BCUT2D eigenvalue weighted by atomic mass is 9.59. The molecule has 0 radical (unpaired) electrons. The minimum absolute atomic E-state index is 0.0976. The molecule has 0 bridgehead atoms. The number of fused-ring (bicyclic) bond motifs is 3. The van der Waals surface area contributed by atoms with Crippen molar-refractivity contribution in [3.63, 3.8) is 0 Å². The summed E-state index contributed by atoms with van der Waals surface area (Å²) in [5, 5.41) is 33.2. The van der Waals surface area contributed by atoms with Crippen molar-refractivity contribution in [1.29, 1.82) is 0 Å². The SMILES string of the molecule is CN(C)C1C(O)=C(C(N)=O)C(=O)C2C(=O)C3=C(O)c4c(O)ccc(CN(CC5CC5)CC5CC5)c4C[C@H]3C[C@H]21. The fourth-order valence-electron chi connectivity index (χ4n) is 7.25. The van der Waals surface area contributed by atoms with Crippen molar-refractivity contribution in [2.45, 2.75) is 51.1 Å². The summed E-state index contributed by atoms with van der Waals surface area (Å²) < 4.78 is 0. The highest BCUT2D eigenvalue weighted by molar-refractivity contribution is 6.28. The Morgan fingerprint density at radius 2 is 1.64 bits per heavy atom. The van der Waals surface area contributed by atoms with E-state index in [1.807, 2.05) is 6.07 Å². The second kappa shape index (κ2) is 9.48. The molecule has 1 aromatic rings. The van der Waals surface area contributed by atoms with Crippen LogP contribution in [0.5, 0.6) is 5.75 Å². The van der Waals surface area contributed by atoms with Gasteiger partial charge in [0.2, 0.25) is 0 Å². The highest BCUT2D eigenvalue weighted by Gasteiger charge is 2.55. The maximum absolute atomic E-state index is 13.9. The number of phenols is 1. The summed E-state index contributed by atoms with van der Waals surface area (Å²) in [5.41, 5.74) is 7.16. The van der Waals surface area contributed by atoms with Gasteiger partial charge in [0.1, 0.15) is 22.8 Å². The number of aromatic hydroxyl groups is 1. The number of hydrogen-bond acceptors (Lipinski definition) is 8. The molecule has 6 rings (SSSR count). The largest absolute Gasteiger partial charge is 0.510 e. The first-order chi connectivity index (χ1) is 18.6. The van der Waals surface area contributed by atoms with Crippen LogP contribution in [0.4, 0.5) is 0 Å². The first-order valence-corrected chi connectivity index (χ1v) is 14.0. The van der Waals surface area contributed by atoms with Crippen molar-refractivity contribution in [1.82, 2.24) is 9.80 Å². The number of hydrogen-bond donors (Lipinski definition) is 4. The second-order valence-electron chi connectivity index (χ2n) is 12.5. The minimum Gasteiger partial charge on any atom is -0.510 e. The number of rotatable bonds is 8. The predicted molar refractivity (Wildman–Crippen MR) is 144 cm³/mol. The number of Topliss-reactive ketones (excluding diaryl/α,β-unsaturated/α-hetero) is 2. The van der Waals surface area contributed by atoms with Crippen molar-refractivity contribution < 1.29 is 29.7 Å². The zero-order chi connectivity index (χ0) is 27.7. The van der Waals surface area contributed by atoms with Crippen LogP contribution in [0, 0.1) is 29.6 Å². The molecule has 1 aromatic carbocycles. The fourth-order valence-corrected chi connectivity index (χ4v) is 7.25. The third kappa shape index (κ3) is 4.45. The smallest absolute Gasteiger partial charge is 0.255 e. The van der Waals surface area contributed by atoms with E-state index in [2.05, 4.69) is 4.90 Å². The Hall–Kier alpha value is -3.17. The minimum atomic E-state index is -1.23. The maximum Gasteiger partial charge on any atom is 0.255 e. The number of carbonyl (C=O) groups excluding carboxylic acids is 3. The molecule has 5 N–H and O–H groups in total. The van der Waals surface area contributed by atoms with Gasteiger partial charge in [-0.2, -0.15) is 0 Å². The Balaban J connectivity index is 1.39. The van der Waals surface area contributed by atoms with E-state index in [0.717, 1.165) is 42.6 Å². The molecule has 0 heterocycles.